The van der Waals surface area contributed by atoms with Crippen LogP contribution in [0.15, 0.2) is 42.6 Å². The van der Waals surface area contributed by atoms with Gasteiger partial charge >= 0.3 is 0 Å². The van der Waals surface area contributed by atoms with Gasteiger partial charge in [0.15, 0.2) is 17.9 Å². The molecule has 0 saturated carbocycles. The second-order valence-corrected chi connectivity index (χ2v) is 4.56. The molecule has 0 aliphatic rings. The Hall–Kier alpha value is -2.69. The molecule has 5 heteroatoms. The fourth-order valence-electron chi connectivity index (χ4n) is 2.25. The summed E-state index contributed by atoms with van der Waals surface area (Å²) < 4.78 is 31.7. The number of carbonyl (C=O) groups is 1. The van der Waals surface area contributed by atoms with Gasteiger partial charge in [0.05, 0.1) is 0 Å². The molecule has 3 rings (SSSR count). The number of hydrogen-bond acceptors (Lipinski definition) is 2. The number of carbonyl (C=O) groups excluding carboxylic acids is 1. The molecule has 2 aromatic carbocycles. The zero-order valence-electron chi connectivity index (χ0n) is 10.9. The van der Waals surface area contributed by atoms with Crippen LogP contribution in [0, 0.1) is 11.6 Å². The van der Waals surface area contributed by atoms with Crippen LogP contribution in [0.2, 0.25) is 0 Å². The minimum Gasteiger partial charge on any atom is -0.486 e. The molecule has 1 aromatic heterocycles. The number of H-pyrrole nitrogens is 1. The normalized spacial score (nSPS) is 10.8. The van der Waals surface area contributed by atoms with E-state index in [0.717, 1.165) is 34.9 Å². The molecule has 0 fully saturated rings. The number of nitrogens with one attached hydrogen (secondary N) is 1. The molecule has 3 aromatic rings. The van der Waals surface area contributed by atoms with Gasteiger partial charge in [-0.1, -0.05) is 12.1 Å². The quantitative estimate of drug-likeness (QED) is 0.741. The molecule has 0 saturated heterocycles. The summed E-state index contributed by atoms with van der Waals surface area (Å²) in [7, 11) is 0. The highest BCUT2D eigenvalue weighted by molar-refractivity contribution is 5.99. The lowest BCUT2D eigenvalue weighted by Gasteiger charge is -2.08. The van der Waals surface area contributed by atoms with Crippen molar-refractivity contribution < 1.29 is 18.3 Å². The predicted molar refractivity (Wildman–Crippen MR) is 74.4 cm³/mol. The highest BCUT2D eigenvalue weighted by Crippen LogP contribution is 2.24. The number of aromatic nitrogens is 1. The first-order chi connectivity index (χ1) is 10.2. The molecule has 0 spiro atoms. The van der Waals surface area contributed by atoms with Gasteiger partial charge in [-0.25, -0.2) is 8.78 Å². The van der Waals surface area contributed by atoms with Gasteiger partial charge in [-0.15, -0.1) is 0 Å². The Balaban J connectivity index is 1.91. The molecule has 0 atom stereocenters. The van der Waals surface area contributed by atoms with Crippen LogP contribution in [0.1, 0.15) is 15.9 Å². The van der Waals surface area contributed by atoms with Crippen LogP contribution in [-0.4, -0.2) is 11.3 Å². The van der Waals surface area contributed by atoms with E-state index in [-0.39, 0.29) is 12.4 Å². The molecular formula is C16H11F2NO2. The summed E-state index contributed by atoms with van der Waals surface area (Å²) in [5, 5.41) is 0.745. The van der Waals surface area contributed by atoms with Crippen LogP contribution in [0.4, 0.5) is 8.78 Å². The number of rotatable bonds is 4. The minimum absolute atomic E-state index is 0.0309. The number of benzene rings is 2. The number of halogens is 2. The number of aromatic amines is 1. The Labute approximate surface area is 119 Å². The summed E-state index contributed by atoms with van der Waals surface area (Å²) in [6, 6.07) is 8.58. The third-order valence-corrected chi connectivity index (χ3v) is 3.23. The van der Waals surface area contributed by atoms with Crippen molar-refractivity contribution in [2.24, 2.45) is 0 Å². The Bertz CT molecular complexity index is 811. The van der Waals surface area contributed by atoms with Crippen molar-refractivity contribution in [3.63, 3.8) is 0 Å². The van der Waals surface area contributed by atoms with Crippen LogP contribution >= 0.6 is 0 Å². The standard InChI is InChI=1S/C16H11F2NO2/c17-12-4-5-15(13(18)6-12)21-9-10-2-1-3-14-16(10)11(8-20)7-19-14/h1-8,19H,9H2. The van der Waals surface area contributed by atoms with E-state index in [4.69, 9.17) is 4.74 Å². The Morgan fingerprint density at radius 2 is 2.05 bits per heavy atom. The highest BCUT2D eigenvalue weighted by atomic mass is 19.1. The van der Waals surface area contributed by atoms with E-state index >= 15 is 0 Å². The SMILES string of the molecule is O=Cc1c[nH]c2cccc(COc3ccc(F)cc3F)c12. The van der Waals surface area contributed by atoms with E-state index in [0.29, 0.717) is 5.56 Å². The molecule has 1 N–H and O–H groups in total. The molecule has 0 aliphatic carbocycles. The van der Waals surface area contributed by atoms with Crippen molar-refractivity contribution in [2.75, 3.05) is 0 Å². The monoisotopic (exact) mass is 287 g/mol. The van der Waals surface area contributed by atoms with Crippen molar-refractivity contribution in [3.8, 4) is 5.75 Å². The average molecular weight is 287 g/mol. The van der Waals surface area contributed by atoms with Crippen LogP contribution in [0.3, 0.4) is 0 Å². The lowest BCUT2D eigenvalue weighted by molar-refractivity contribution is 0.112. The smallest absolute Gasteiger partial charge is 0.167 e. The van der Waals surface area contributed by atoms with Crippen LogP contribution < -0.4 is 4.74 Å². The first kappa shape index (κ1) is 13.3. The maximum atomic E-state index is 13.5. The molecule has 0 bridgehead atoms. The Kier molecular flexibility index (Phi) is 3.39. The van der Waals surface area contributed by atoms with E-state index in [1.807, 2.05) is 12.1 Å². The van der Waals surface area contributed by atoms with Gasteiger partial charge in [-0.2, -0.15) is 0 Å². The van der Waals surface area contributed by atoms with Crippen LogP contribution in [0.5, 0.6) is 5.75 Å². The van der Waals surface area contributed by atoms with Crippen molar-refractivity contribution >= 4 is 17.2 Å². The van der Waals surface area contributed by atoms with Crippen molar-refractivity contribution in [3.05, 3.63) is 65.4 Å². The Morgan fingerprint density at radius 1 is 1.19 bits per heavy atom. The minimum atomic E-state index is -0.758. The van der Waals surface area contributed by atoms with Gasteiger partial charge in [-0.3, -0.25) is 4.79 Å². The molecule has 0 aliphatic heterocycles. The molecule has 0 radical (unpaired) electrons. The first-order valence-corrected chi connectivity index (χ1v) is 6.31. The molecular weight excluding hydrogens is 276 g/mol. The highest BCUT2D eigenvalue weighted by Gasteiger charge is 2.10. The topological polar surface area (TPSA) is 42.1 Å². The van der Waals surface area contributed by atoms with Gasteiger partial charge in [-0.05, 0) is 23.8 Å². The Morgan fingerprint density at radius 3 is 2.81 bits per heavy atom. The van der Waals surface area contributed by atoms with Crippen LogP contribution in [-0.2, 0) is 6.61 Å². The summed E-state index contributed by atoms with van der Waals surface area (Å²) in [5.41, 5.74) is 2.07. The van der Waals surface area contributed by atoms with E-state index in [9.17, 15) is 13.6 Å². The van der Waals surface area contributed by atoms with E-state index in [2.05, 4.69) is 4.98 Å². The molecule has 0 unspecified atom stereocenters. The van der Waals surface area contributed by atoms with E-state index < -0.39 is 11.6 Å². The van der Waals surface area contributed by atoms with Gasteiger partial charge in [0.1, 0.15) is 12.4 Å². The van der Waals surface area contributed by atoms with Gasteiger partial charge in [0.2, 0.25) is 0 Å². The maximum Gasteiger partial charge on any atom is 0.167 e. The molecule has 0 amide bonds. The fourth-order valence-corrected chi connectivity index (χ4v) is 2.25. The number of aldehydes is 1. The summed E-state index contributed by atoms with van der Waals surface area (Å²) in [6.45, 7) is 0.0819. The second-order valence-electron chi connectivity index (χ2n) is 4.56. The lowest BCUT2D eigenvalue weighted by atomic mass is 10.1. The number of ether oxygens (including phenoxy) is 1. The summed E-state index contributed by atoms with van der Waals surface area (Å²) >= 11 is 0. The molecule has 106 valence electrons. The second kappa shape index (κ2) is 5.36. The zero-order chi connectivity index (χ0) is 14.8. The van der Waals surface area contributed by atoms with Gasteiger partial charge in [0, 0.05) is 28.7 Å². The largest absolute Gasteiger partial charge is 0.486 e. The maximum absolute atomic E-state index is 13.5. The van der Waals surface area contributed by atoms with Gasteiger partial charge < -0.3 is 9.72 Å². The summed E-state index contributed by atoms with van der Waals surface area (Å²) in [6.07, 6.45) is 2.36. The zero-order valence-corrected chi connectivity index (χ0v) is 10.9. The number of fused-ring (bicyclic) bond motifs is 1. The van der Waals surface area contributed by atoms with Crippen molar-refractivity contribution in [1.29, 1.82) is 0 Å². The average Bonchev–Trinajstić information content (AvgIpc) is 2.90. The number of hydrogen-bond donors (Lipinski definition) is 1. The molecule has 21 heavy (non-hydrogen) atoms. The van der Waals surface area contributed by atoms with Crippen LogP contribution in [0.25, 0.3) is 10.9 Å². The van der Waals surface area contributed by atoms with Crippen molar-refractivity contribution in [1.82, 2.24) is 4.98 Å². The predicted octanol–water partition coefficient (Wildman–Crippen LogP) is 3.84. The third kappa shape index (κ3) is 2.50. The first-order valence-electron chi connectivity index (χ1n) is 6.31. The lowest BCUT2D eigenvalue weighted by Crippen LogP contribution is -1.99. The summed E-state index contributed by atoms with van der Waals surface area (Å²) in [4.78, 5) is 14.0. The van der Waals surface area contributed by atoms with E-state index in [1.54, 1.807) is 12.3 Å². The third-order valence-electron chi connectivity index (χ3n) is 3.23. The summed E-state index contributed by atoms with van der Waals surface area (Å²) in [5.74, 6) is -1.45. The van der Waals surface area contributed by atoms with Crippen molar-refractivity contribution in [2.45, 2.75) is 6.61 Å². The molecule has 1 heterocycles. The van der Waals surface area contributed by atoms with E-state index in [1.165, 1.54) is 6.07 Å². The van der Waals surface area contributed by atoms with Gasteiger partial charge in [0.25, 0.3) is 0 Å². The fraction of sp³-hybridized carbons (Fsp3) is 0.0625. The molecule has 3 nitrogen and oxygen atoms in total.